The lowest BCUT2D eigenvalue weighted by molar-refractivity contribution is -0.136. The van der Waals surface area contributed by atoms with Crippen molar-refractivity contribution in [3.63, 3.8) is 0 Å². The van der Waals surface area contributed by atoms with Crippen molar-refractivity contribution in [2.75, 3.05) is 7.11 Å². The SMILES string of the molecule is CONC(=O)[C@](N)(C(=O)c1sc(Br)c(Br)c1C)C(C)C. The third kappa shape index (κ3) is 2.99. The van der Waals surface area contributed by atoms with Gasteiger partial charge >= 0.3 is 0 Å². The van der Waals surface area contributed by atoms with Gasteiger partial charge in [0.15, 0.2) is 5.54 Å². The van der Waals surface area contributed by atoms with E-state index in [0.29, 0.717) is 4.88 Å². The molecule has 1 atom stereocenters. The highest BCUT2D eigenvalue weighted by Gasteiger charge is 2.46. The van der Waals surface area contributed by atoms with Crippen molar-refractivity contribution in [1.29, 1.82) is 0 Å². The Morgan fingerprint density at radius 1 is 1.40 bits per heavy atom. The molecule has 8 heteroatoms. The number of hydroxylamine groups is 1. The summed E-state index contributed by atoms with van der Waals surface area (Å²) in [4.78, 5) is 29.9. The maximum absolute atomic E-state index is 12.7. The monoisotopic (exact) mass is 426 g/mol. The van der Waals surface area contributed by atoms with Crippen LogP contribution in [0.25, 0.3) is 0 Å². The third-order valence-electron chi connectivity index (χ3n) is 3.10. The van der Waals surface area contributed by atoms with E-state index in [9.17, 15) is 9.59 Å². The third-order valence-corrected chi connectivity index (χ3v) is 6.84. The highest BCUT2D eigenvalue weighted by molar-refractivity contribution is 9.13. The van der Waals surface area contributed by atoms with E-state index >= 15 is 0 Å². The zero-order valence-electron chi connectivity index (χ0n) is 11.5. The Morgan fingerprint density at radius 3 is 2.30 bits per heavy atom. The molecular formula is C12H16Br2N2O3S. The Bertz CT molecular complexity index is 545. The number of carbonyl (C=O) groups is 2. The van der Waals surface area contributed by atoms with Crippen LogP contribution in [0.1, 0.15) is 29.1 Å². The fourth-order valence-corrected chi connectivity index (χ4v) is 3.96. The van der Waals surface area contributed by atoms with E-state index in [2.05, 4.69) is 42.2 Å². The number of hydrogen-bond donors (Lipinski definition) is 2. The normalized spacial score (nSPS) is 14.2. The van der Waals surface area contributed by atoms with Gasteiger partial charge in [-0.05, 0) is 50.3 Å². The molecule has 0 spiro atoms. The Kier molecular flexibility index (Phi) is 5.91. The van der Waals surface area contributed by atoms with E-state index in [-0.39, 0.29) is 5.92 Å². The van der Waals surface area contributed by atoms with E-state index in [0.717, 1.165) is 13.8 Å². The summed E-state index contributed by atoms with van der Waals surface area (Å²) in [6.07, 6.45) is 0. The maximum atomic E-state index is 12.7. The van der Waals surface area contributed by atoms with Crippen LogP contribution in [0, 0.1) is 12.8 Å². The molecule has 0 bridgehead atoms. The minimum absolute atomic E-state index is 0.385. The van der Waals surface area contributed by atoms with Crippen molar-refractivity contribution in [2.45, 2.75) is 26.3 Å². The number of hydrogen-bond acceptors (Lipinski definition) is 5. The van der Waals surface area contributed by atoms with E-state index in [1.165, 1.54) is 18.4 Å². The van der Waals surface area contributed by atoms with E-state index in [1.54, 1.807) is 20.8 Å². The second-order valence-corrected chi connectivity index (χ2v) is 7.76. The zero-order chi connectivity index (χ0) is 15.7. The molecule has 0 radical (unpaired) electrons. The van der Waals surface area contributed by atoms with Gasteiger partial charge in [0.25, 0.3) is 5.91 Å². The number of amides is 1. The molecule has 3 N–H and O–H groups in total. The summed E-state index contributed by atoms with van der Waals surface area (Å²) >= 11 is 7.99. The number of nitrogens with two attached hydrogens (primary N) is 1. The topological polar surface area (TPSA) is 81.4 Å². The van der Waals surface area contributed by atoms with Crippen molar-refractivity contribution >= 4 is 54.9 Å². The number of rotatable bonds is 5. The van der Waals surface area contributed by atoms with E-state index in [4.69, 9.17) is 5.73 Å². The van der Waals surface area contributed by atoms with Gasteiger partial charge in [0, 0.05) is 4.47 Å². The van der Waals surface area contributed by atoms with Crippen LogP contribution in [0.5, 0.6) is 0 Å². The molecule has 0 aliphatic rings. The highest BCUT2D eigenvalue weighted by atomic mass is 79.9. The molecule has 0 aromatic carbocycles. The summed E-state index contributed by atoms with van der Waals surface area (Å²) < 4.78 is 1.58. The van der Waals surface area contributed by atoms with Gasteiger partial charge in [0.2, 0.25) is 5.78 Å². The summed E-state index contributed by atoms with van der Waals surface area (Å²) in [6, 6.07) is 0. The van der Waals surface area contributed by atoms with Crippen LogP contribution < -0.4 is 11.2 Å². The van der Waals surface area contributed by atoms with E-state index in [1.807, 2.05) is 0 Å². The molecule has 5 nitrogen and oxygen atoms in total. The van der Waals surface area contributed by atoms with Crippen molar-refractivity contribution in [1.82, 2.24) is 5.48 Å². The average molecular weight is 428 g/mol. The van der Waals surface area contributed by atoms with Gasteiger partial charge in [-0.15, -0.1) is 11.3 Å². The summed E-state index contributed by atoms with van der Waals surface area (Å²) in [5.41, 5.74) is 7.35. The average Bonchev–Trinajstić information content (AvgIpc) is 2.64. The molecule has 1 heterocycles. The number of halogens is 2. The Hall–Kier alpha value is -0.280. The van der Waals surface area contributed by atoms with Gasteiger partial charge in [0.1, 0.15) is 0 Å². The van der Waals surface area contributed by atoms with Crippen LogP contribution in [-0.4, -0.2) is 24.3 Å². The van der Waals surface area contributed by atoms with Gasteiger partial charge in [0.05, 0.1) is 15.8 Å². The molecule has 1 amide bonds. The largest absolute Gasteiger partial charge is 0.311 e. The molecule has 0 saturated heterocycles. The molecule has 0 aliphatic carbocycles. The quantitative estimate of drug-likeness (QED) is 0.430. The molecule has 1 rings (SSSR count). The fraction of sp³-hybridized carbons (Fsp3) is 0.500. The second kappa shape index (κ2) is 6.65. The first-order valence-electron chi connectivity index (χ1n) is 5.79. The molecule has 0 aliphatic heterocycles. The molecule has 0 unspecified atom stereocenters. The smallest absolute Gasteiger partial charge is 0.271 e. The molecule has 0 saturated carbocycles. The lowest BCUT2D eigenvalue weighted by atomic mass is 9.81. The van der Waals surface area contributed by atoms with Crippen LogP contribution in [0.15, 0.2) is 8.26 Å². The second-order valence-electron chi connectivity index (χ2n) is 4.63. The first-order valence-corrected chi connectivity index (χ1v) is 8.19. The molecule has 0 fully saturated rings. The molecule has 112 valence electrons. The van der Waals surface area contributed by atoms with Gasteiger partial charge in [-0.2, -0.15) is 0 Å². The van der Waals surface area contributed by atoms with Crippen LogP contribution in [0.2, 0.25) is 0 Å². The van der Waals surface area contributed by atoms with Crippen molar-refractivity contribution in [3.05, 3.63) is 18.7 Å². The predicted octanol–water partition coefficient (Wildman–Crippen LogP) is 2.80. The van der Waals surface area contributed by atoms with Crippen LogP contribution in [0.3, 0.4) is 0 Å². The first kappa shape index (κ1) is 17.8. The Labute approximate surface area is 138 Å². The standard InChI is InChI=1S/C12H16Br2N2O3S/c1-5(2)12(15,11(18)16-19-4)9(17)8-6(3)7(13)10(14)20-8/h5H,15H2,1-4H3,(H,16,18)/t12-/m1/s1. The minimum Gasteiger partial charge on any atom is -0.311 e. The summed E-state index contributed by atoms with van der Waals surface area (Å²) in [5, 5.41) is 0. The molecule has 1 aromatic heterocycles. The summed E-state index contributed by atoms with van der Waals surface area (Å²) in [6.45, 7) is 5.24. The van der Waals surface area contributed by atoms with Crippen molar-refractivity contribution in [3.8, 4) is 0 Å². The van der Waals surface area contributed by atoms with Gasteiger partial charge < -0.3 is 5.73 Å². The highest BCUT2D eigenvalue weighted by Crippen LogP contribution is 2.39. The Balaban J connectivity index is 3.32. The Morgan fingerprint density at radius 2 is 1.95 bits per heavy atom. The summed E-state index contributed by atoms with van der Waals surface area (Å²) in [5.74, 6) is -1.46. The van der Waals surface area contributed by atoms with Gasteiger partial charge in [-0.25, -0.2) is 5.48 Å². The lowest BCUT2D eigenvalue weighted by Gasteiger charge is -2.29. The molecular weight excluding hydrogens is 412 g/mol. The van der Waals surface area contributed by atoms with Crippen molar-refractivity contribution in [2.24, 2.45) is 11.7 Å². The van der Waals surface area contributed by atoms with Crippen molar-refractivity contribution < 1.29 is 14.4 Å². The van der Waals surface area contributed by atoms with Crippen LogP contribution in [0.4, 0.5) is 0 Å². The van der Waals surface area contributed by atoms with Crippen LogP contribution >= 0.6 is 43.2 Å². The number of nitrogens with one attached hydrogen (secondary N) is 1. The first-order chi connectivity index (χ1) is 9.17. The molecule has 1 aromatic rings. The van der Waals surface area contributed by atoms with Gasteiger partial charge in [-0.1, -0.05) is 13.8 Å². The zero-order valence-corrected chi connectivity index (χ0v) is 15.5. The van der Waals surface area contributed by atoms with Gasteiger partial charge in [-0.3, -0.25) is 14.4 Å². The number of ketones is 1. The summed E-state index contributed by atoms with van der Waals surface area (Å²) in [7, 11) is 1.30. The minimum atomic E-state index is -1.68. The number of carbonyl (C=O) groups excluding carboxylic acids is 2. The fourth-order valence-electron chi connectivity index (χ4n) is 1.67. The molecule has 20 heavy (non-hydrogen) atoms. The number of Topliss-reactive ketones (excluding diaryl/α,β-unsaturated/α-hetero) is 1. The number of thiophene rings is 1. The predicted molar refractivity (Wildman–Crippen MR) is 85.7 cm³/mol. The van der Waals surface area contributed by atoms with E-state index < -0.39 is 17.2 Å². The lowest BCUT2D eigenvalue weighted by Crippen LogP contribution is -2.62. The van der Waals surface area contributed by atoms with Crippen LogP contribution in [-0.2, 0) is 9.63 Å². The maximum Gasteiger partial charge on any atom is 0.271 e.